The van der Waals surface area contributed by atoms with Gasteiger partial charge < -0.3 is 5.73 Å². The number of nitrogen functional groups attached to an aromatic ring is 1. The molecule has 5 heteroatoms. The minimum Gasteiger partial charge on any atom is -0.384 e. The number of benzene rings is 1. The standard InChI is InChI=1S/C10H7ClN4/c11-7-1-3-9(4-2-7)15-10(13)5-8(6-12)14-15/h1-5H,13H2. The molecule has 0 unspecified atom stereocenters. The molecule has 0 spiro atoms. The minimum absolute atomic E-state index is 0.294. The third-order valence-corrected chi connectivity index (χ3v) is 2.17. The van der Waals surface area contributed by atoms with Crippen molar-refractivity contribution in [3.05, 3.63) is 41.0 Å². The number of rotatable bonds is 1. The predicted molar refractivity (Wildman–Crippen MR) is 57.7 cm³/mol. The highest BCUT2D eigenvalue weighted by atomic mass is 35.5. The van der Waals surface area contributed by atoms with Crippen molar-refractivity contribution in [1.82, 2.24) is 9.78 Å². The van der Waals surface area contributed by atoms with E-state index in [1.165, 1.54) is 10.7 Å². The van der Waals surface area contributed by atoms with Crippen molar-refractivity contribution >= 4 is 17.4 Å². The van der Waals surface area contributed by atoms with Crippen molar-refractivity contribution in [3.8, 4) is 11.8 Å². The summed E-state index contributed by atoms with van der Waals surface area (Å²) in [5.74, 6) is 0.425. The van der Waals surface area contributed by atoms with Crippen LogP contribution in [0.4, 0.5) is 5.82 Å². The molecule has 0 saturated heterocycles. The van der Waals surface area contributed by atoms with Gasteiger partial charge in [-0.25, -0.2) is 4.68 Å². The molecule has 2 rings (SSSR count). The third-order valence-electron chi connectivity index (χ3n) is 1.92. The first kappa shape index (κ1) is 9.56. The van der Waals surface area contributed by atoms with Gasteiger partial charge in [0.1, 0.15) is 11.9 Å². The lowest BCUT2D eigenvalue weighted by molar-refractivity contribution is 0.883. The summed E-state index contributed by atoms with van der Waals surface area (Å²) in [7, 11) is 0. The van der Waals surface area contributed by atoms with E-state index in [1.807, 2.05) is 6.07 Å². The zero-order chi connectivity index (χ0) is 10.8. The Labute approximate surface area is 91.5 Å². The minimum atomic E-state index is 0.294. The quantitative estimate of drug-likeness (QED) is 0.796. The maximum Gasteiger partial charge on any atom is 0.165 e. The van der Waals surface area contributed by atoms with Crippen LogP contribution in [-0.2, 0) is 0 Å². The fourth-order valence-electron chi connectivity index (χ4n) is 1.24. The van der Waals surface area contributed by atoms with E-state index in [0.29, 0.717) is 16.5 Å². The monoisotopic (exact) mass is 218 g/mol. The summed E-state index contributed by atoms with van der Waals surface area (Å²) < 4.78 is 1.49. The molecule has 0 amide bonds. The SMILES string of the molecule is N#Cc1cc(N)n(-c2ccc(Cl)cc2)n1. The van der Waals surface area contributed by atoms with Gasteiger partial charge in [0.05, 0.1) is 5.69 Å². The van der Waals surface area contributed by atoms with Gasteiger partial charge in [-0.1, -0.05) is 11.6 Å². The zero-order valence-electron chi connectivity index (χ0n) is 7.68. The summed E-state index contributed by atoms with van der Waals surface area (Å²) in [5.41, 5.74) is 6.77. The maximum absolute atomic E-state index is 8.66. The highest BCUT2D eigenvalue weighted by Crippen LogP contribution is 2.16. The number of hydrogen-bond acceptors (Lipinski definition) is 3. The molecule has 2 N–H and O–H groups in total. The van der Waals surface area contributed by atoms with Crippen LogP contribution in [-0.4, -0.2) is 9.78 Å². The molecule has 1 aromatic carbocycles. The lowest BCUT2D eigenvalue weighted by atomic mass is 10.3. The van der Waals surface area contributed by atoms with Gasteiger partial charge in [-0.05, 0) is 24.3 Å². The molecule has 1 heterocycles. The highest BCUT2D eigenvalue weighted by molar-refractivity contribution is 6.30. The van der Waals surface area contributed by atoms with Crippen LogP contribution >= 0.6 is 11.6 Å². The molecule has 2 aromatic rings. The Morgan fingerprint density at radius 3 is 2.53 bits per heavy atom. The predicted octanol–water partition coefficient (Wildman–Crippen LogP) is 1.98. The van der Waals surface area contributed by atoms with Gasteiger partial charge >= 0.3 is 0 Å². The Kier molecular flexibility index (Phi) is 2.32. The van der Waals surface area contributed by atoms with Crippen molar-refractivity contribution < 1.29 is 0 Å². The van der Waals surface area contributed by atoms with Crippen molar-refractivity contribution in [1.29, 1.82) is 5.26 Å². The molecular weight excluding hydrogens is 212 g/mol. The van der Waals surface area contributed by atoms with Gasteiger partial charge in [0.15, 0.2) is 5.69 Å². The largest absolute Gasteiger partial charge is 0.384 e. The molecule has 1 aromatic heterocycles. The van der Waals surface area contributed by atoms with Gasteiger partial charge in [0.25, 0.3) is 0 Å². The van der Waals surface area contributed by atoms with E-state index in [-0.39, 0.29) is 0 Å². The van der Waals surface area contributed by atoms with Crippen LogP contribution in [0.25, 0.3) is 5.69 Å². The number of nitriles is 1. The molecule has 4 nitrogen and oxygen atoms in total. The second-order valence-corrected chi connectivity index (χ2v) is 3.39. The number of aromatic nitrogens is 2. The first-order valence-electron chi connectivity index (χ1n) is 4.22. The summed E-state index contributed by atoms with van der Waals surface area (Å²) in [6.45, 7) is 0. The molecule has 0 fully saturated rings. The van der Waals surface area contributed by atoms with E-state index >= 15 is 0 Å². The molecule has 0 atom stereocenters. The molecule has 0 aliphatic rings. The van der Waals surface area contributed by atoms with Crippen molar-refractivity contribution in [2.45, 2.75) is 0 Å². The average molecular weight is 219 g/mol. The lowest BCUT2D eigenvalue weighted by Gasteiger charge is -2.02. The maximum atomic E-state index is 8.66. The summed E-state index contributed by atoms with van der Waals surface area (Å²) in [6, 6.07) is 10.5. The Hall–Kier alpha value is -1.99. The molecule has 0 radical (unpaired) electrons. The van der Waals surface area contributed by atoms with Gasteiger partial charge in [-0.2, -0.15) is 10.4 Å². The molecule has 74 valence electrons. The van der Waals surface area contributed by atoms with E-state index in [9.17, 15) is 0 Å². The molecule has 15 heavy (non-hydrogen) atoms. The number of anilines is 1. The van der Waals surface area contributed by atoms with Crippen LogP contribution in [0.5, 0.6) is 0 Å². The Bertz CT molecular complexity index is 521. The fraction of sp³-hybridized carbons (Fsp3) is 0. The zero-order valence-corrected chi connectivity index (χ0v) is 8.44. The first-order chi connectivity index (χ1) is 7.20. The van der Waals surface area contributed by atoms with Gasteiger partial charge in [0, 0.05) is 11.1 Å². The van der Waals surface area contributed by atoms with Gasteiger partial charge in [0.2, 0.25) is 0 Å². The second kappa shape index (κ2) is 3.64. The Morgan fingerprint density at radius 1 is 1.33 bits per heavy atom. The smallest absolute Gasteiger partial charge is 0.165 e. The van der Waals surface area contributed by atoms with Crippen LogP contribution in [0, 0.1) is 11.3 Å². The Balaban J connectivity index is 2.50. The van der Waals surface area contributed by atoms with E-state index in [2.05, 4.69) is 5.10 Å². The molecule has 0 bridgehead atoms. The second-order valence-electron chi connectivity index (χ2n) is 2.95. The van der Waals surface area contributed by atoms with Crippen LogP contribution in [0.15, 0.2) is 30.3 Å². The fourth-order valence-corrected chi connectivity index (χ4v) is 1.37. The van der Waals surface area contributed by atoms with E-state index < -0.39 is 0 Å². The van der Waals surface area contributed by atoms with Gasteiger partial charge in [-0.3, -0.25) is 0 Å². The summed E-state index contributed by atoms with van der Waals surface area (Å²) in [5, 5.41) is 13.3. The lowest BCUT2D eigenvalue weighted by Crippen LogP contribution is -2.01. The van der Waals surface area contributed by atoms with Crippen LogP contribution in [0.3, 0.4) is 0 Å². The summed E-state index contributed by atoms with van der Waals surface area (Å²) in [4.78, 5) is 0. The van der Waals surface area contributed by atoms with Crippen molar-refractivity contribution in [2.24, 2.45) is 0 Å². The van der Waals surface area contributed by atoms with Gasteiger partial charge in [-0.15, -0.1) is 0 Å². The highest BCUT2D eigenvalue weighted by Gasteiger charge is 2.05. The van der Waals surface area contributed by atoms with E-state index in [0.717, 1.165) is 5.69 Å². The van der Waals surface area contributed by atoms with E-state index in [4.69, 9.17) is 22.6 Å². The first-order valence-corrected chi connectivity index (χ1v) is 4.60. The van der Waals surface area contributed by atoms with Crippen LogP contribution in [0.2, 0.25) is 5.02 Å². The third kappa shape index (κ3) is 1.78. The van der Waals surface area contributed by atoms with Crippen LogP contribution in [0.1, 0.15) is 5.69 Å². The van der Waals surface area contributed by atoms with Crippen molar-refractivity contribution in [2.75, 3.05) is 5.73 Å². The Morgan fingerprint density at radius 2 is 2.00 bits per heavy atom. The number of halogens is 1. The molecular formula is C10H7ClN4. The van der Waals surface area contributed by atoms with E-state index in [1.54, 1.807) is 24.3 Å². The normalized spacial score (nSPS) is 9.87. The molecule has 0 saturated carbocycles. The topological polar surface area (TPSA) is 67.6 Å². The summed E-state index contributed by atoms with van der Waals surface area (Å²) in [6.07, 6.45) is 0. The van der Waals surface area contributed by atoms with Crippen molar-refractivity contribution in [3.63, 3.8) is 0 Å². The summed E-state index contributed by atoms with van der Waals surface area (Å²) >= 11 is 5.76. The number of nitrogens with two attached hydrogens (primary N) is 1. The molecule has 0 aliphatic carbocycles. The number of hydrogen-bond donors (Lipinski definition) is 1. The van der Waals surface area contributed by atoms with Crippen LogP contribution < -0.4 is 5.73 Å². The molecule has 0 aliphatic heterocycles. The average Bonchev–Trinajstić information content (AvgIpc) is 2.61. The number of nitrogens with zero attached hydrogens (tertiary/aromatic N) is 3.